The number of ether oxygens (including phenoxy) is 1. The highest BCUT2D eigenvalue weighted by atomic mass is 16.5. The number of hydrogen-bond acceptors (Lipinski definition) is 4. The lowest BCUT2D eigenvalue weighted by atomic mass is 10.2. The molecular weight excluding hydrogens is 208 g/mol. The third kappa shape index (κ3) is 2.47. The Morgan fingerprint density at radius 2 is 2.25 bits per heavy atom. The summed E-state index contributed by atoms with van der Waals surface area (Å²) in [5.41, 5.74) is 0. The molecule has 1 aliphatic heterocycles. The Labute approximate surface area is 95.8 Å². The molecular formula is C11H20N2O3. The van der Waals surface area contributed by atoms with Gasteiger partial charge in [0.2, 0.25) is 0 Å². The van der Waals surface area contributed by atoms with Crippen LogP contribution in [0.1, 0.15) is 25.7 Å². The lowest BCUT2D eigenvalue weighted by molar-refractivity contribution is 0.0838. The van der Waals surface area contributed by atoms with Crippen molar-refractivity contribution in [2.45, 2.75) is 43.9 Å². The minimum atomic E-state index is -0.362. The molecule has 5 heteroatoms. The summed E-state index contributed by atoms with van der Waals surface area (Å²) in [6.07, 6.45) is 3.49. The van der Waals surface area contributed by atoms with E-state index in [0.29, 0.717) is 6.04 Å². The van der Waals surface area contributed by atoms with Crippen molar-refractivity contribution in [3.8, 4) is 0 Å². The van der Waals surface area contributed by atoms with E-state index >= 15 is 0 Å². The minimum absolute atomic E-state index is 0.167. The van der Waals surface area contributed by atoms with Gasteiger partial charge in [-0.3, -0.25) is 4.90 Å². The fourth-order valence-corrected chi connectivity index (χ4v) is 2.78. The van der Waals surface area contributed by atoms with Gasteiger partial charge >= 0.3 is 6.09 Å². The van der Waals surface area contributed by atoms with Crippen LogP contribution in [0.5, 0.6) is 0 Å². The molecule has 5 nitrogen and oxygen atoms in total. The average Bonchev–Trinajstić information content (AvgIpc) is 2.86. The topological polar surface area (TPSA) is 61.8 Å². The fraction of sp³-hybridized carbons (Fsp3) is 0.909. The van der Waals surface area contributed by atoms with Gasteiger partial charge in [0.1, 0.15) is 0 Å². The summed E-state index contributed by atoms with van der Waals surface area (Å²) in [5.74, 6) is 0. The molecule has 1 amide bonds. The fourth-order valence-electron chi connectivity index (χ4n) is 2.78. The number of nitrogens with one attached hydrogen (secondary N) is 1. The number of carbonyl (C=O) groups excluding carboxylic acids is 1. The Morgan fingerprint density at radius 1 is 1.44 bits per heavy atom. The van der Waals surface area contributed by atoms with Crippen LogP contribution in [-0.4, -0.2) is 54.5 Å². The van der Waals surface area contributed by atoms with E-state index < -0.39 is 0 Å². The summed E-state index contributed by atoms with van der Waals surface area (Å²) in [7, 11) is 1.38. The van der Waals surface area contributed by atoms with Crippen LogP contribution in [0.2, 0.25) is 0 Å². The predicted molar refractivity (Wildman–Crippen MR) is 59.2 cm³/mol. The van der Waals surface area contributed by atoms with E-state index in [9.17, 15) is 9.90 Å². The molecule has 0 aromatic heterocycles. The Hall–Kier alpha value is -0.810. The highest BCUT2D eigenvalue weighted by molar-refractivity contribution is 5.67. The van der Waals surface area contributed by atoms with Crippen LogP contribution in [0.25, 0.3) is 0 Å². The first-order valence-corrected chi connectivity index (χ1v) is 5.97. The quantitative estimate of drug-likeness (QED) is 0.715. The molecule has 2 N–H and O–H groups in total. The monoisotopic (exact) mass is 228 g/mol. The van der Waals surface area contributed by atoms with Crippen molar-refractivity contribution < 1.29 is 14.6 Å². The zero-order chi connectivity index (χ0) is 11.5. The first-order chi connectivity index (χ1) is 7.70. The van der Waals surface area contributed by atoms with Crippen LogP contribution in [0, 0.1) is 0 Å². The predicted octanol–water partition coefficient (Wildman–Crippen LogP) is 0.330. The zero-order valence-electron chi connectivity index (χ0n) is 9.69. The second kappa shape index (κ2) is 5.01. The van der Waals surface area contributed by atoms with Crippen molar-refractivity contribution in [3.63, 3.8) is 0 Å². The van der Waals surface area contributed by atoms with Crippen molar-refractivity contribution in [3.05, 3.63) is 0 Å². The second-order valence-electron chi connectivity index (χ2n) is 4.68. The third-order valence-electron chi connectivity index (χ3n) is 3.64. The van der Waals surface area contributed by atoms with E-state index in [1.165, 1.54) is 7.11 Å². The third-order valence-corrected chi connectivity index (χ3v) is 3.64. The Bertz CT molecular complexity index is 260. The number of aliphatic hydroxyl groups is 1. The molecule has 2 aliphatic rings. The van der Waals surface area contributed by atoms with Gasteiger partial charge < -0.3 is 15.2 Å². The van der Waals surface area contributed by atoms with Gasteiger partial charge in [-0.25, -0.2) is 4.79 Å². The largest absolute Gasteiger partial charge is 0.453 e. The molecule has 1 saturated heterocycles. The molecule has 16 heavy (non-hydrogen) atoms. The minimum Gasteiger partial charge on any atom is -0.453 e. The van der Waals surface area contributed by atoms with E-state index in [2.05, 4.69) is 15.0 Å². The van der Waals surface area contributed by atoms with Gasteiger partial charge in [0.05, 0.1) is 13.2 Å². The average molecular weight is 228 g/mol. The van der Waals surface area contributed by atoms with E-state index in [1.807, 2.05) is 0 Å². The molecule has 0 bridgehead atoms. The normalized spacial score (nSPS) is 35.2. The lowest BCUT2D eigenvalue weighted by Gasteiger charge is -2.26. The molecule has 0 aromatic rings. The molecule has 2 fully saturated rings. The number of nitrogens with zero attached hydrogens (tertiary/aromatic N) is 1. The number of amides is 1. The summed E-state index contributed by atoms with van der Waals surface area (Å²) in [6, 6.07) is 0.463. The van der Waals surface area contributed by atoms with Gasteiger partial charge in [-0.15, -0.1) is 0 Å². The number of methoxy groups -OCH3 is 1. The van der Waals surface area contributed by atoms with Crippen LogP contribution in [0.4, 0.5) is 4.79 Å². The standard InChI is InChI=1S/C11H20N2O3/c1-16-11(15)12-8-5-6-13(7-8)9-3-2-4-10(9)14/h8-10,14H,2-7H2,1H3,(H,12,15). The first kappa shape index (κ1) is 11.7. The smallest absolute Gasteiger partial charge is 0.407 e. The molecule has 0 aromatic carbocycles. The Kier molecular flexibility index (Phi) is 3.66. The SMILES string of the molecule is COC(=O)NC1CCN(C2CCCC2O)C1. The number of carbonyl (C=O) groups is 1. The van der Waals surface area contributed by atoms with E-state index in [4.69, 9.17) is 0 Å². The Morgan fingerprint density at radius 3 is 2.88 bits per heavy atom. The summed E-state index contributed by atoms with van der Waals surface area (Å²) in [6.45, 7) is 1.78. The molecule has 2 rings (SSSR count). The second-order valence-corrected chi connectivity index (χ2v) is 4.68. The highest BCUT2D eigenvalue weighted by Gasteiger charge is 2.35. The molecule has 3 unspecified atom stereocenters. The summed E-state index contributed by atoms with van der Waals surface area (Å²) in [5, 5.41) is 12.6. The molecule has 0 radical (unpaired) electrons. The van der Waals surface area contributed by atoms with Crippen LogP contribution in [0.15, 0.2) is 0 Å². The maximum atomic E-state index is 11.1. The van der Waals surface area contributed by atoms with Crippen LogP contribution in [0.3, 0.4) is 0 Å². The maximum absolute atomic E-state index is 11.1. The molecule has 1 heterocycles. The van der Waals surface area contributed by atoms with Crippen molar-refractivity contribution in [2.24, 2.45) is 0 Å². The molecule has 1 saturated carbocycles. The van der Waals surface area contributed by atoms with Gasteiger partial charge in [0, 0.05) is 25.2 Å². The summed E-state index contributed by atoms with van der Waals surface area (Å²) in [4.78, 5) is 13.3. The van der Waals surface area contributed by atoms with Crippen LogP contribution < -0.4 is 5.32 Å². The van der Waals surface area contributed by atoms with Crippen LogP contribution >= 0.6 is 0 Å². The van der Waals surface area contributed by atoms with Gasteiger partial charge in [0.25, 0.3) is 0 Å². The number of rotatable bonds is 2. The Balaban J connectivity index is 1.81. The van der Waals surface area contributed by atoms with Gasteiger partial charge in [0.15, 0.2) is 0 Å². The molecule has 0 spiro atoms. The van der Waals surface area contributed by atoms with Crippen molar-refractivity contribution in [1.82, 2.24) is 10.2 Å². The molecule has 3 atom stereocenters. The van der Waals surface area contributed by atoms with Gasteiger partial charge in [-0.2, -0.15) is 0 Å². The van der Waals surface area contributed by atoms with E-state index in [0.717, 1.165) is 38.8 Å². The van der Waals surface area contributed by atoms with Crippen molar-refractivity contribution in [2.75, 3.05) is 20.2 Å². The zero-order valence-corrected chi connectivity index (χ0v) is 9.69. The number of aliphatic hydroxyl groups excluding tert-OH is 1. The highest BCUT2D eigenvalue weighted by Crippen LogP contribution is 2.27. The maximum Gasteiger partial charge on any atom is 0.407 e. The first-order valence-electron chi connectivity index (χ1n) is 5.97. The number of alkyl carbamates (subject to hydrolysis) is 1. The summed E-state index contributed by atoms with van der Waals surface area (Å²) < 4.78 is 4.58. The number of hydrogen-bond donors (Lipinski definition) is 2. The van der Waals surface area contributed by atoms with E-state index in [-0.39, 0.29) is 18.2 Å². The van der Waals surface area contributed by atoms with Crippen molar-refractivity contribution >= 4 is 6.09 Å². The molecule has 1 aliphatic carbocycles. The van der Waals surface area contributed by atoms with Crippen molar-refractivity contribution in [1.29, 1.82) is 0 Å². The van der Waals surface area contributed by atoms with Crippen LogP contribution in [-0.2, 0) is 4.74 Å². The lowest BCUT2D eigenvalue weighted by Crippen LogP contribution is -2.42. The summed E-state index contributed by atoms with van der Waals surface area (Å²) >= 11 is 0. The molecule has 92 valence electrons. The van der Waals surface area contributed by atoms with Gasteiger partial charge in [-0.05, 0) is 25.7 Å². The van der Waals surface area contributed by atoms with E-state index in [1.54, 1.807) is 0 Å². The number of likely N-dealkylation sites (tertiary alicyclic amines) is 1. The van der Waals surface area contributed by atoms with Gasteiger partial charge in [-0.1, -0.05) is 0 Å².